The summed E-state index contributed by atoms with van der Waals surface area (Å²) in [7, 11) is 0. The first-order valence-corrected chi connectivity index (χ1v) is 7.59. The molecule has 1 fully saturated rings. The molecule has 1 aromatic rings. The van der Waals surface area contributed by atoms with Crippen molar-refractivity contribution in [3.63, 3.8) is 0 Å². The Morgan fingerprint density at radius 1 is 1.33 bits per heavy atom. The molecule has 100 valence electrons. The zero-order valence-corrected chi connectivity index (χ0v) is 12.6. The van der Waals surface area contributed by atoms with E-state index in [1.165, 1.54) is 19.3 Å². The van der Waals surface area contributed by atoms with Gasteiger partial charge in [-0.1, -0.05) is 19.3 Å². The van der Waals surface area contributed by atoms with Gasteiger partial charge in [-0.05, 0) is 39.9 Å². The summed E-state index contributed by atoms with van der Waals surface area (Å²) < 4.78 is 1.99. The Hall–Kier alpha value is -0.490. The molecule has 0 amide bonds. The molecule has 0 spiro atoms. The van der Waals surface area contributed by atoms with Gasteiger partial charge in [-0.2, -0.15) is 12.6 Å². The highest BCUT2D eigenvalue weighted by Crippen LogP contribution is 2.38. The molecule has 1 heterocycles. The number of nitrogens with one attached hydrogen (secondary N) is 1. The Labute approximate surface area is 119 Å². The van der Waals surface area contributed by atoms with E-state index >= 15 is 0 Å². The highest BCUT2D eigenvalue weighted by atomic mass is 79.9. The molecule has 0 aromatic carbocycles. The number of halogens is 1. The largest absolute Gasteiger partial charge is 0.328 e. The smallest absolute Gasteiger partial charge is 0.299 e. The summed E-state index contributed by atoms with van der Waals surface area (Å²) in [6.07, 6.45) is 7.43. The summed E-state index contributed by atoms with van der Waals surface area (Å²) in [6, 6.07) is 0. The average Bonchev–Trinajstić information content (AvgIpc) is 2.37. The van der Waals surface area contributed by atoms with Crippen LogP contribution in [0, 0.1) is 5.41 Å². The van der Waals surface area contributed by atoms with E-state index in [0.29, 0.717) is 11.0 Å². The molecule has 1 N–H and O–H groups in total. The van der Waals surface area contributed by atoms with E-state index in [0.717, 1.165) is 18.6 Å². The van der Waals surface area contributed by atoms with Crippen LogP contribution in [0.1, 0.15) is 32.1 Å². The average molecular weight is 333 g/mol. The zero-order chi connectivity index (χ0) is 13.2. The Morgan fingerprint density at radius 3 is 2.61 bits per heavy atom. The topological polar surface area (TPSA) is 54.9 Å². The Bertz CT molecular complexity index is 532. The van der Waals surface area contributed by atoms with Gasteiger partial charge < -0.3 is 0 Å². The standard InChI is InChI=1S/C12H17BrN2O2S/c13-9-6-15(11(17)14-10(9)16)7-12(8-18)4-2-1-3-5-12/h6,18H,1-5,7-8H2,(H,14,16,17). The van der Waals surface area contributed by atoms with Crippen LogP contribution in [-0.2, 0) is 6.54 Å². The first-order chi connectivity index (χ1) is 8.56. The van der Waals surface area contributed by atoms with Gasteiger partial charge in [-0.3, -0.25) is 14.3 Å². The third-order valence-electron chi connectivity index (χ3n) is 3.72. The van der Waals surface area contributed by atoms with E-state index in [1.807, 2.05) is 0 Å². The lowest BCUT2D eigenvalue weighted by Crippen LogP contribution is -2.38. The second-order valence-corrected chi connectivity index (χ2v) is 6.25. The lowest BCUT2D eigenvalue weighted by atomic mass is 9.75. The molecule has 0 unspecified atom stereocenters. The predicted molar refractivity (Wildman–Crippen MR) is 78.4 cm³/mol. The van der Waals surface area contributed by atoms with E-state index in [4.69, 9.17) is 0 Å². The first-order valence-electron chi connectivity index (χ1n) is 6.16. The van der Waals surface area contributed by atoms with Crippen molar-refractivity contribution < 1.29 is 0 Å². The lowest BCUT2D eigenvalue weighted by molar-refractivity contribution is 0.186. The van der Waals surface area contributed by atoms with Crippen LogP contribution in [0.3, 0.4) is 0 Å². The first kappa shape index (κ1) is 13.9. The fourth-order valence-electron chi connectivity index (χ4n) is 2.63. The molecule has 1 aliphatic rings. The molecular weight excluding hydrogens is 316 g/mol. The maximum atomic E-state index is 11.8. The predicted octanol–water partition coefficient (Wildman–Crippen LogP) is 2.18. The Balaban J connectivity index is 2.29. The van der Waals surface area contributed by atoms with E-state index in [9.17, 15) is 9.59 Å². The summed E-state index contributed by atoms with van der Waals surface area (Å²) in [5.74, 6) is 0.774. The quantitative estimate of drug-likeness (QED) is 0.833. The SMILES string of the molecule is O=c1[nH]c(=O)n(CC2(CS)CCCCC2)cc1Br. The van der Waals surface area contributed by atoms with Gasteiger partial charge in [0.25, 0.3) is 5.56 Å². The summed E-state index contributed by atoms with van der Waals surface area (Å²) in [5.41, 5.74) is -0.627. The van der Waals surface area contributed by atoms with Crippen molar-refractivity contribution in [2.45, 2.75) is 38.6 Å². The molecule has 0 atom stereocenters. The number of aromatic amines is 1. The Morgan fingerprint density at radius 2 is 2.00 bits per heavy atom. The van der Waals surface area contributed by atoms with E-state index in [1.54, 1.807) is 10.8 Å². The lowest BCUT2D eigenvalue weighted by Gasteiger charge is -2.36. The summed E-state index contributed by atoms with van der Waals surface area (Å²) in [5, 5.41) is 0. The van der Waals surface area contributed by atoms with Gasteiger partial charge >= 0.3 is 5.69 Å². The van der Waals surface area contributed by atoms with Crippen molar-refractivity contribution >= 4 is 28.6 Å². The minimum Gasteiger partial charge on any atom is -0.299 e. The van der Waals surface area contributed by atoms with E-state index in [-0.39, 0.29) is 16.7 Å². The third-order valence-corrected chi connectivity index (χ3v) is 4.96. The van der Waals surface area contributed by atoms with Crippen LogP contribution in [0.4, 0.5) is 0 Å². The fourth-order valence-corrected chi connectivity index (χ4v) is 3.39. The maximum absolute atomic E-state index is 11.8. The van der Waals surface area contributed by atoms with Gasteiger partial charge in [0.15, 0.2) is 0 Å². The molecule has 0 aliphatic heterocycles. The summed E-state index contributed by atoms with van der Waals surface area (Å²) in [4.78, 5) is 25.4. The number of nitrogens with zero attached hydrogens (tertiary/aromatic N) is 1. The van der Waals surface area contributed by atoms with Crippen LogP contribution < -0.4 is 11.2 Å². The van der Waals surface area contributed by atoms with Crippen molar-refractivity contribution in [3.05, 3.63) is 31.5 Å². The summed E-state index contributed by atoms with van der Waals surface area (Å²) in [6.45, 7) is 0.630. The monoisotopic (exact) mass is 332 g/mol. The van der Waals surface area contributed by atoms with Crippen LogP contribution >= 0.6 is 28.6 Å². The fraction of sp³-hybridized carbons (Fsp3) is 0.667. The molecular formula is C12H17BrN2O2S. The van der Waals surface area contributed by atoms with Crippen LogP contribution in [-0.4, -0.2) is 15.3 Å². The van der Waals surface area contributed by atoms with Crippen molar-refractivity contribution in [2.24, 2.45) is 5.41 Å². The minimum absolute atomic E-state index is 0.0862. The number of thiol groups is 1. The number of aromatic nitrogens is 2. The van der Waals surface area contributed by atoms with Gasteiger partial charge in [0.05, 0.1) is 4.47 Å². The molecule has 6 heteroatoms. The third kappa shape index (κ3) is 2.91. The van der Waals surface area contributed by atoms with Gasteiger partial charge in [0.1, 0.15) is 0 Å². The van der Waals surface area contributed by atoms with E-state index in [2.05, 4.69) is 33.5 Å². The van der Waals surface area contributed by atoms with Crippen molar-refractivity contribution in [1.29, 1.82) is 0 Å². The van der Waals surface area contributed by atoms with Crippen LogP contribution in [0.25, 0.3) is 0 Å². The van der Waals surface area contributed by atoms with Crippen LogP contribution in [0.15, 0.2) is 20.3 Å². The molecule has 1 aromatic heterocycles. The molecule has 1 aliphatic carbocycles. The van der Waals surface area contributed by atoms with Gasteiger partial charge in [0, 0.05) is 12.7 Å². The highest BCUT2D eigenvalue weighted by Gasteiger charge is 2.31. The molecule has 0 saturated heterocycles. The summed E-state index contributed by atoms with van der Waals surface area (Å²) >= 11 is 7.62. The number of H-pyrrole nitrogens is 1. The molecule has 2 rings (SSSR count). The minimum atomic E-state index is -0.375. The van der Waals surface area contributed by atoms with Gasteiger partial charge in [0.2, 0.25) is 0 Å². The molecule has 1 saturated carbocycles. The highest BCUT2D eigenvalue weighted by molar-refractivity contribution is 9.10. The maximum Gasteiger partial charge on any atom is 0.328 e. The number of rotatable bonds is 3. The van der Waals surface area contributed by atoms with Crippen LogP contribution in [0.2, 0.25) is 0 Å². The van der Waals surface area contributed by atoms with Crippen molar-refractivity contribution in [2.75, 3.05) is 5.75 Å². The van der Waals surface area contributed by atoms with E-state index < -0.39 is 0 Å². The number of hydrogen-bond donors (Lipinski definition) is 2. The zero-order valence-electron chi connectivity index (χ0n) is 10.1. The Kier molecular flexibility index (Phi) is 4.37. The second kappa shape index (κ2) is 5.65. The van der Waals surface area contributed by atoms with Crippen molar-refractivity contribution in [3.8, 4) is 0 Å². The van der Waals surface area contributed by atoms with Crippen LogP contribution in [0.5, 0.6) is 0 Å². The second-order valence-electron chi connectivity index (χ2n) is 5.08. The molecule has 4 nitrogen and oxygen atoms in total. The molecule has 18 heavy (non-hydrogen) atoms. The van der Waals surface area contributed by atoms with Gasteiger partial charge in [-0.15, -0.1) is 0 Å². The molecule has 0 bridgehead atoms. The van der Waals surface area contributed by atoms with Crippen molar-refractivity contribution in [1.82, 2.24) is 9.55 Å². The normalized spacial score (nSPS) is 18.8. The van der Waals surface area contributed by atoms with Gasteiger partial charge in [-0.25, -0.2) is 4.79 Å². The molecule has 0 radical (unpaired) electrons. The number of hydrogen-bond acceptors (Lipinski definition) is 3.